The van der Waals surface area contributed by atoms with Crippen LogP contribution in [0.15, 0.2) is 22.8 Å². The third kappa shape index (κ3) is 1.96. The van der Waals surface area contributed by atoms with E-state index in [1.54, 1.807) is 6.92 Å². The number of aliphatic hydroxyl groups excluding tert-OH is 1. The van der Waals surface area contributed by atoms with Gasteiger partial charge in [0.1, 0.15) is 11.9 Å². The maximum absolute atomic E-state index is 13.1. The lowest BCUT2D eigenvalue weighted by atomic mass is 9.46. The standard InChI is InChI=1S/C20H26O6/c1-10(2)12-8-20(24)17-11(16(12)23)5-6-13-18(3,9-21)14(22)7-15(25-26-20)19(13,17)4/h8,10,13,15,21,24H,5-7,9H2,1-4H3/t13-,15-,18-,19-,20-/m1/s1. The second-order valence-corrected chi connectivity index (χ2v) is 8.88. The van der Waals surface area contributed by atoms with E-state index in [1.807, 2.05) is 20.8 Å². The smallest absolute Gasteiger partial charge is 0.242 e. The second-order valence-electron chi connectivity index (χ2n) is 8.88. The molecule has 4 aliphatic rings. The van der Waals surface area contributed by atoms with Gasteiger partial charge in [0.2, 0.25) is 5.79 Å². The van der Waals surface area contributed by atoms with Gasteiger partial charge in [-0.15, -0.1) is 0 Å². The number of aliphatic hydroxyl groups is 2. The van der Waals surface area contributed by atoms with Crippen molar-refractivity contribution in [2.45, 2.75) is 58.8 Å². The zero-order valence-corrected chi connectivity index (χ0v) is 15.7. The van der Waals surface area contributed by atoms with Gasteiger partial charge < -0.3 is 10.2 Å². The maximum atomic E-state index is 13.1. The summed E-state index contributed by atoms with van der Waals surface area (Å²) in [5.74, 6) is -2.20. The number of Topliss-reactive ketones (excluding diaryl/α,β-unsaturated/α-hetero) is 2. The molecule has 5 atom stereocenters. The van der Waals surface area contributed by atoms with Crippen molar-refractivity contribution < 1.29 is 29.6 Å². The molecule has 1 heterocycles. The molecule has 0 spiro atoms. The van der Waals surface area contributed by atoms with E-state index >= 15 is 0 Å². The molecule has 0 bridgehead atoms. The van der Waals surface area contributed by atoms with Gasteiger partial charge in [-0.3, -0.25) is 9.59 Å². The Morgan fingerprint density at radius 3 is 2.62 bits per heavy atom. The lowest BCUT2D eigenvalue weighted by Gasteiger charge is -2.61. The predicted octanol–water partition coefficient (Wildman–Crippen LogP) is 1.85. The van der Waals surface area contributed by atoms with Gasteiger partial charge in [0.25, 0.3) is 0 Å². The second kappa shape index (κ2) is 5.35. The third-order valence-electron chi connectivity index (χ3n) is 7.18. The molecule has 0 radical (unpaired) electrons. The first kappa shape index (κ1) is 18.0. The van der Waals surface area contributed by atoms with Gasteiger partial charge in [0, 0.05) is 28.6 Å². The largest absolute Gasteiger partial charge is 0.395 e. The van der Waals surface area contributed by atoms with Crippen molar-refractivity contribution in [3.05, 3.63) is 22.8 Å². The summed E-state index contributed by atoms with van der Waals surface area (Å²) in [6.45, 7) is 7.26. The molecule has 142 valence electrons. The van der Waals surface area contributed by atoms with Gasteiger partial charge in [-0.1, -0.05) is 27.7 Å². The van der Waals surface area contributed by atoms with E-state index in [0.29, 0.717) is 29.6 Å². The number of carbonyl (C=O) groups excluding carboxylic acids is 2. The minimum atomic E-state index is -1.80. The van der Waals surface area contributed by atoms with Crippen LogP contribution in [0.1, 0.15) is 47.0 Å². The molecule has 4 rings (SSSR count). The normalized spacial score (nSPS) is 45.0. The lowest BCUT2D eigenvalue weighted by Crippen LogP contribution is -2.66. The Labute approximate surface area is 152 Å². The van der Waals surface area contributed by atoms with Gasteiger partial charge in [-0.25, -0.2) is 4.89 Å². The summed E-state index contributed by atoms with van der Waals surface area (Å²) < 4.78 is 0. The van der Waals surface area contributed by atoms with Crippen LogP contribution in [0.5, 0.6) is 0 Å². The molecule has 2 N–H and O–H groups in total. The highest BCUT2D eigenvalue weighted by molar-refractivity contribution is 6.11. The summed E-state index contributed by atoms with van der Waals surface area (Å²) in [7, 11) is 0. The average molecular weight is 362 g/mol. The van der Waals surface area contributed by atoms with Crippen molar-refractivity contribution in [1.29, 1.82) is 0 Å². The van der Waals surface area contributed by atoms with Crippen molar-refractivity contribution in [1.82, 2.24) is 0 Å². The monoisotopic (exact) mass is 362 g/mol. The fourth-order valence-electron chi connectivity index (χ4n) is 5.70. The molecule has 26 heavy (non-hydrogen) atoms. The zero-order valence-electron chi connectivity index (χ0n) is 15.7. The molecular weight excluding hydrogens is 336 g/mol. The van der Waals surface area contributed by atoms with Gasteiger partial charge in [0.15, 0.2) is 5.78 Å². The molecule has 0 aromatic carbocycles. The lowest BCUT2D eigenvalue weighted by molar-refractivity contribution is -0.453. The van der Waals surface area contributed by atoms with Crippen LogP contribution < -0.4 is 0 Å². The third-order valence-corrected chi connectivity index (χ3v) is 7.18. The van der Waals surface area contributed by atoms with Crippen molar-refractivity contribution in [2.75, 3.05) is 6.61 Å². The fourth-order valence-corrected chi connectivity index (χ4v) is 5.70. The van der Waals surface area contributed by atoms with Crippen LogP contribution in [0, 0.1) is 22.7 Å². The molecular formula is C20H26O6. The van der Waals surface area contributed by atoms with Crippen LogP contribution >= 0.6 is 0 Å². The highest BCUT2D eigenvalue weighted by Crippen LogP contribution is 2.64. The Morgan fingerprint density at radius 1 is 1.31 bits per heavy atom. The molecule has 1 aliphatic heterocycles. The highest BCUT2D eigenvalue weighted by atomic mass is 17.2. The van der Waals surface area contributed by atoms with Crippen molar-refractivity contribution in [3.8, 4) is 0 Å². The van der Waals surface area contributed by atoms with Crippen molar-refractivity contribution >= 4 is 11.6 Å². The Balaban J connectivity index is 1.94. The van der Waals surface area contributed by atoms with Gasteiger partial charge >= 0.3 is 0 Å². The quantitative estimate of drug-likeness (QED) is 0.729. The number of hydrogen-bond acceptors (Lipinski definition) is 6. The minimum absolute atomic E-state index is 0.0498. The summed E-state index contributed by atoms with van der Waals surface area (Å²) in [5.41, 5.74) is -0.0384. The first-order valence-corrected chi connectivity index (χ1v) is 9.32. The Morgan fingerprint density at radius 2 is 2.00 bits per heavy atom. The van der Waals surface area contributed by atoms with Crippen LogP contribution in [0.2, 0.25) is 0 Å². The molecule has 0 unspecified atom stereocenters. The van der Waals surface area contributed by atoms with E-state index < -0.39 is 22.7 Å². The van der Waals surface area contributed by atoms with Crippen molar-refractivity contribution in [3.63, 3.8) is 0 Å². The maximum Gasteiger partial charge on any atom is 0.242 e. The van der Waals surface area contributed by atoms with Gasteiger partial charge in [-0.05, 0) is 30.8 Å². The number of ketones is 2. The number of carbonyl (C=O) groups is 2. The van der Waals surface area contributed by atoms with Crippen molar-refractivity contribution in [2.24, 2.45) is 22.7 Å². The van der Waals surface area contributed by atoms with Crippen LogP contribution in [0.3, 0.4) is 0 Å². The summed E-state index contributed by atoms with van der Waals surface area (Å²) in [6.07, 6.45) is 2.03. The van der Waals surface area contributed by atoms with Crippen LogP contribution in [0.25, 0.3) is 0 Å². The van der Waals surface area contributed by atoms with E-state index in [1.165, 1.54) is 6.08 Å². The van der Waals surface area contributed by atoms with Crippen LogP contribution in [-0.2, 0) is 19.4 Å². The van der Waals surface area contributed by atoms with E-state index in [-0.39, 0.29) is 36.4 Å². The molecule has 3 aliphatic carbocycles. The molecule has 1 saturated heterocycles. The molecule has 0 aromatic heterocycles. The topological polar surface area (TPSA) is 93.1 Å². The molecule has 0 amide bonds. The number of allylic oxidation sites excluding steroid dienone is 2. The van der Waals surface area contributed by atoms with E-state index in [2.05, 4.69) is 0 Å². The summed E-state index contributed by atoms with van der Waals surface area (Å²) >= 11 is 0. The van der Waals surface area contributed by atoms with Gasteiger partial charge in [-0.2, -0.15) is 4.89 Å². The SMILES string of the molecule is CC(C)C1=C[C@@]2(O)OO[C@@H]3CC(=O)[C@](C)(CO)[C@H]4CCC(=C2[C@@]34C)C1=O. The van der Waals surface area contributed by atoms with E-state index in [0.717, 1.165) is 0 Å². The zero-order chi connectivity index (χ0) is 19.1. The van der Waals surface area contributed by atoms with Crippen LogP contribution in [-0.4, -0.2) is 40.3 Å². The number of hydrogen-bond donors (Lipinski definition) is 2. The first-order valence-electron chi connectivity index (χ1n) is 9.32. The van der Waals surface area contributed by atoms with Crippen LogP contribution in [0.4, 0.5) is 0 Å². The predicted molar refractivity (Wildman–Crippen MR) is 91.5 cm³/mol. The summed E-state index contributed by atoms with van der Waals surface area (Å²) in [5, 5.41) is 21.3. The average Bonchev–Trinajstić information content (AvgIpc) is 2.58. The highest BCUT2D eigenvalue weighted by Gasteiger charge is 2.68. The van der Waals surface area contributed by atoms with Gasteiger partial charge in [0.05, 0.1) is 12.0 Å². The Bertz CT molecular complexity index is 764. The Hall–Kier alpha value is -1.34. The molecule has 2 fully saturated rings. The Kier molecular flexibility index (Phi) is 3.71. The van der Waals surface area contributed by atoms with E-state index in [4.69, 9.17) is 9.78 Å². The molecule has 6 nitrogen and oxygen atoms in total. The number of rotatable bonds is 2. The first-order chi connectivity index (χ1) is 12.1. The minimum Gasteiger partial charge on any atom is -0.395 e. The van der Waals surface area contributed by atoms with E-state index in [9.17, 15) is 19.8 Å². The molecule has 1 saturated carbocycles. The molecule has 0 aromatic rings. The fraction of sp³-hybridized carbons (Fsp3) is 0.700. The molecule has 6 heteroatoms. The summed E-state index contributed by atoms with van der Waals surface area (Å²) in [4.78, 5) is 36.7. The summed E-state index contributed by atoms with van der Waals surface area (Å²) in [6, 6.07) is 0.